The molecule has 0 bridgehead atoms. The van der Waals surface area contributed by atoms with E-state index in [-0.39, 0.29) is 0 Å². The van der Waals surface area contributed by atoms with Crippen molar-refractivity contribution in [2.75, 3.05) is 5.73 Å². The second-order valence-corrected chi connectivity index (χ2v) is 4.09. The normalized spacial score (nSPS) is 10.1. The summed E-state index contributed by atoms with van der Waals surface area (Å²) in [5.41, 5.74) is 7.09. The molecule has 70 valence electrons. The minimum atomic E-state index is 0.583. The fourth-order valence-electron chi connectivity index (χ4n) is 1.09. The average Bonchev–Trinajstić information content (AvgIpc) is 2.21. The highest BCUT2D eigenvalue weighted by Crippen LogP contribution is 2.16. The maximum absolute atomic E-state index is 5.50. The van der Waals surface area contributed by atoms with Crippen LogP contribution in [0.3, 0.4) is 0 Å². The fourth-order valence-corrected chi connectivity index (χ4v) is 1.45. The molecule has 0 saturated heterocycles. The highest BCUT2D eigenvalue weighted by molar-refractivity contribution is 14.1. The van der Waals surface area contributed by atoms with Gasteiger partial charge in [0.15, 0.2) is 5.82 Å². The van der Waals surface area contributed by atoms with Crippen LogP contribution in [0, 0.1) is 3.57 Å². The van der Waals surface area contributed by atoms with Gasteiger partial charge in [-0.1, -0.05) is 12.1 Å². The molecule has 14 heavy (non-hydrogen) atoms. The lowest BCUT2D eigenvalue weighted by Crippen LogP contribution is -1.92. The van der Waals surface area contributed by atoms with Crippen molar-refractivity contribution in [1.29, 1.82) is 0 Å². The fraction of sp³-hybridized carbons (Fsp3) is 0. The van der Waals surface area contributed by atoms with E-state index in [1.54, 1.807) is 12.4 Å². The van der Waals surface area contributed by atoms with Gasteiger partial charge < -0.3 is 5.73 Å². The predicted molar refractivity (Wildman–Crippen MR) is 64.6 cm³/mol. The lowest BCUT2D eigenvalue weighted by molar-refractivity contribution is 1.18. The van der Waals surface area contributed by atoms with Crippen LogP contribution in [-0.2, 0) is 0 Å². The van der Waals surface area contributed by atoms with E-state index in [2.05, 4.69) is 32.6 Å². The molecule has 1 aromatic heterocycles. The number of nitrogens with zero attached hydrogens (tertiary/aromatic N) is 2. The zero-order valence-corrected chi connectivity index (χ0v) is 9.47. The number of hydrogen-bond acceptors (Lipinski definition) is 3. The molecule has 2 aromatic rings. The molecule has 3 nitrogen and oxygen atoms in total. The molecule has 0 aliphatic rings. The molecule has 2 rings (SSSR count). The molecule has 1 heterocycles. The molecular formula is C10H8IN3. The Labute approximate surface area is 95.5 Å². The van der Waals surface area contributed by atoms with Gasteiger partial charge in [0.25, 0.3) is 0 Å². The van der Waals surface area contributed by atoms with Crippen LogP contribution < -0.4 is 5.73 Å². The van der Waals surface area contributed by atoms with Gasteiger partial charge in [-0.05, 0) is 34.7 Å². The Hall–Kier alpha value is -1.17. The lowest BCUT2D eigenvalue weighted by Gasteiger charge is -1.99. The number of anilines is 1. The molecule has 0 fully saturated rings. The highest BCUT2D eigenvalue weighted by atomic mass is 127. The maximum Gasteiger partial charge on any atom is 0.159 e. The summed E-state index contributed by atoms with van der Waals surface area (Å²) >= 11 is 2.26. The quantitative estimate of drug-likeness (QED) is 0.822. The summed E-state index contributed by atoms with van der Waals surface area (Å²) in [4.78, 5) is 8.28. The summed E-state index contributed by atoms with van der Waals surface area (Å²) in [7, 11) is 0. The van der Waals surface area contributed by atoms with Crippen molar-refractivity contribution >= 4 is 28.3 Å². The highest BCUT2D eigenvalue weighted by Gasteiger charge is 1.99. The molecule has 0 aliphatic heterocycles. The first-order chi connectivity index (χ1) is 6.75. The smallest absolute Gasteiger partial charge is 0.159 e. The SMILES string of the molecule is Nc1cnc(-c2ccc(I)cc2)nc1. The largest absolute Gasteiger partial charge is 0.396 e. The third-order valence-corrected chi connectivity index (χ3v) is 2.49. The van der Waals surface area contributed by atoms with Crippen molar-refractivity contribution in [2.45, 2.75) is 0 Å². The van der Waals surface area contributed by atoms with Crippen LogP contribution >= 0.6 is 22.6 Å². The zero-order chi connectivity index (χ0) is 9.97. The van der Waals surface area contributed by atoms with Crippen LogP contribution in [0.4, 0.5) is 5.69 Å². The monoisotopic (exact) mass is 297 g/mol. The molecule has 0 aliphatic carbocycles. The van der Waals surface area contributed by atoms with Crippen LogP contribution in [0.5, 0.6) is 0 Å². The Morgan fingerprint density at radius 1 is 1.00 bits per heavy atom. The minimum Gasteiger partial charge on any atom is -0.396 e. The molecular weight excluding hydrogens is 289 g/mol. The van der Waals surface area contributed by atoms with Gasteiger partial charge in [0.2, 0.25) is 0 Å². The molecule has 0 atom stereocenters. The van der Waals surface area contributed by atoms with Gasteiger partial charge in [-0.15, -0.1) is 0 Å². The second-order valence-electron chi connectivity index (χ2n) is 2.85. The van der Waals surface area contributed by atoms with Gasteiger partial charge in [0.05, 0.1) is 18.1 Å². The molecule has 0 saturated carbocycles. The number of rotatable bonds is 1. The van der Waals surface area contributed by atoms with E-state index in [0.29, 0.717) is 11.5 Å². The third kappa shape index (κ3) is 2.01. The van der Waals surface area contributed by atoms with Crippen LogP contribution in [-0.4, -0.2) is 9.97 Å². The van der Waals surface area contributed by atoms with Gasteiger partial charge in [0.1, 0.15) is 0 Å². The summed E-state index contributed by atoms with van der Waals surface area (Å²) in [6.07, 6.45) is 3.22. The Morgan fingerprint density at radius 2 is 1.57 bits per heavy atom. The topological polar surface area (TPSA) is 51.8 Å². The van der Waals surface area contributed by atoms with Gasteiger partial charge in [0, 0.05) is 9.13 Å². The van der Waals surface area contributed by atoms with E-state index >= 15 is 0 Å². The van der Waals surface area contributed by atoms with E-state index in [0.717, 1.165) is 5.56 Å². The molecule has 0 unspecified atom stereocenters. The van der Waals surface area contributed by atoms with Crippen molar-refractivity contribution in [3.8, 4) is 11.4 Å². The van der Waals surface area contributed by atoms with E-state index < -0.39 is 0 Å². The standard InChI is InChI=1S/C10H8IN3/c11-8-3-1-7(2-4-8)10-13-5-9(12)6-14-10/h1-6H,12H2. The van der Waals surface area contributed by atoms with Crippen molar-refractivity contribution in [3.63, 3.8) is 0 Å². The number of halogens is 1. The van der Waals surface area contributed by atoms with Crippen molar-refractivity contribution in [2.24, 2.45) is 0 Å². The number of benzene rings is 1. The molecule has 2 N–H and O–H groups in total. The van der Waals surface area contributed by atoms with E-state index in [1.807, 2.05) is 24.3 Å². The van der Waals surface area contributed by atoms with Crippen LogP contribution in [0.15, 0.2) is 36.7 Å². The summed E-state index contributed by atoms with van der Waals surface area (Å²) in [5.74, 6) is 0.704. The number of hydrogen-bond donors (Lipinski definition) is 1. The zero-order valence-electron chi connectivity index (χ0n) is 7.31. The van der Waals surface area contributed by atoms with E-state index in [4.69, 9.17) is 5.73 Å². The summed E-state index contributed by atoms with van der Waals surface area (Å²) < 4.78 is 1.20. The van der Waals surface area contributed by atoms with Crippen LogP contribution in [0.2, 0.25) is 0 Å². The first kappa shape index (κ1) is 9.39. The van der Waals surface area contributed by atoms with Gasteiger partial charge in [-0.25, -0.2) is 9.97 Å². The summed E-state index contributed by atoms with van der Waals surface area (Å²) in [6.45, 7) is 0. The van der Waals surface area contributed by atoms with Crippen molar-refractivity contribution < 1.29 is 0 Å². The predicted octanol–water partition coefficient (Wildman–Crippen LogP) is 2.33. The second kappa shape index (κ2) is 3.91. The minimum absolute atomic E-state index is 0.583. The first-order valence-corrected chi connectivity index (χ1v) is 5.17. The lowest BCUT2D eigenvalue weighted by atomic mass is 10.2. The molecule has 0 radical (unpaired) electrons. The Bertz CT molecular complexity index is 379. The van der Waals surface area contributed by atoms with Crippen molar-refractivity contribution in [1.82, 2.24) is 9.97 Å². The van der Waals surface area contributed by atoms with E-state index in [9.17, 15) is 0 Å². The Kier molecular flexibility index (Phi) is 2.62. The molecule has 0 spiro atoms. The summed E-state index contributed by atoms with van der Waals surface area (Å²) in [5, 5.41) is 0. The van der Waals surface area contributed by atoms with Crippen LogP contribution in [0.25, 0.3) is 11.4 Å². The molecule has 4 heteroatoms. The van der Waals surface area contributed by atoms with Crippen LogP contribution in [0.1, 0.15) is 0 Å². The average molecular weight is 297 g/mol. The maximum atomic E-state index is 5.50. The Morgan fingerprint density at radius 3 is 2.14 bits per heavy atom. The molecule has 0 amide bonds. The molecule has 1 aromatic carbocycles. The number of nitrogen functional groups attached to an aromatic ring is 1. The number of aromatic nitrogens is 2. The number of nitrogens with two attached hydrogens (primary N) is 1. The van der Waals surface area contributed by atoms with Gasteiger partial charge in [-0.2, -0.15) is 0 Å². The van der Waals surface area contributed by atoms with Gasteiger partial charge in [-0.3, -0.25) is 0 Å². The first-order valence-electron chi connectivity index (χ1n) is 4.09. The summed E-state index contributed by atoms with van der Waals surface area (Å²) in [6, 6.07) is 8.03. The van der Waals surface area contributed by atoms with Gasteiger partial charge >= 0.3 is 0 Å². The van der Waals surface area contributed by atoms with Crippen molar-refractivity contribution in [3.05, 3.63) is 40.2 Å². The van der Waals surface area contributed by atoms with E-state index in [1.165, 1.54) is 3.57 Å². The third-order valence-electron chi connectivity index (χ3n) is 1.77. The Balaban J connectivity index is 2.40.